The van der Waals surface area contributed by atoms with Crippen LogP contribution in [0.2, 0.25) is 0 Å². The second-order valence-electron chi connectivity index (χ2n) is 3.86. The molecule has 17 heavy (non-hydrogen) atoms. The zero-order valence-corrected chi connectivity index (χ0v) is 11.5. The highest BCUT2D eigenvalue weighted by atomic mass is 79.9. The molecule has 2 aromatic rings. The van der Waals surface area contributed by atoms with Crippen molar-refractivity contribution in [3.8, 4) is 11.4 Å². The maximum Gasteiger partial charge on any atom is 0.159 e. The van der Waals surface area contributed by atoms with Crippen LogP contribution in [0.25, 0.3) is 11.4 Å². The van der Waals surface area contributed by atoms with Gasteiger partial charge in [-0.15, -0.1) is 0 Å². The van der Waals surface area contributed by atoms with Gasteiger partial charge in [0, 0.05) is 22.3 Å². The molecule has 0 unspecified atom stereocenters. The molecule has 0 fully saturated rings. The van der Waals surface area contributed by atoms with Gasteiger partial charge in [-0.2, -0.15) is 0 Å². The number of hydrogen-bond donors (Lipinski definition) is 1. The zero-order valence-electron chi connectivity index (χ0n) is 9.87. The predicted molar refractivity (Wildman–Crippen MR) is 72.7 cm³/mol. The fourth-order valence-electron chi connectivity index (χ4n) is 1.66. The number of benzene rings is 1. The van der Waals surface area contributed by atoms with Crippen molar-refractivity contribution >= 4 is 15.9 Å². The predicted octanol–water partition coefficient (Wildman–Crippen LogP) is 2.93. The lowest BCUT2D eigenvalue weighted by Gasteiger charge is -2.06. The number of hydrogen-bond acceptors (Lipinski definition) is 3. The van der Waals surface area contributed by atoms with Crippen molar-refractivity contribution in [3.63, 3.8) is 0 Å². The Kier molecular flexibility index (Phi) is 3.86. The molecule has 1 N–H and O–H groups in total. The summed E-state index contributed by atoms with van der Waals surface area (Å²) in [5.41, 5.74) is 3.02. The Bertz CT molecular complexity index is 526. The van der Waals surface area contributed by atoms with Crippen LogP contribution in [0.4, 0.5) is 0 Å². The minimum Gasteiger partial charge on any atom is -0.314 e. The van der Waals surface area contributed by atoms with E-state index >= 15 is 0 Å². The highest BCUT2D eigenvalue weighted by molar-refractivity contribution is 9.10. The van der Waals surface area contributed by atoms with Crippen molar-refractivity contribution in [2.75, 3.05) is 7.05 Å². The molecule has 0 radical (unpaired) electrons. The SMILES string of the molecule is CNCc1cc(C)nc(-c2cccc(Br)c2)n1. The lowest BCUT2D eigenvalue weighted by molar-refractivity contribution is 0.785. The van der Waals surface area contributed by atoms with E-state index in [2.05, 4.69) is 31.2 Å². The van der Waals surface area contributed by atoms with E-state index in [9.17, 15) is 0 Å². The summed E-state index contributed by atoms with van der Waals surface area (Å²) in [6.45, 7) is 2.74. The Morgan fingerprint density at radius 3 is 2.76 bits per heavy atom. The van der Waals surface area contributed by atoms with Crippen molar-refractivity contribution in [1.82, 2.24) is 15.3 Å². The van der Waals surface area contributed by atoms with Gasteiger partial charge in [0.25, 0.3) is 0 Å². The van der Waals surface area contributed by atoms with E-state index in [1.54, 1.807) is 0 Å². The molecule has 0 aliphatic heterocycles. The summed E-state index contributed by atoms with van der Waals surface area (Å²) < 4.78 is 1.04. The highest BCUT2D eigenvalue weighted by Crippen LogP contribution is 2.20. The smallest absolute Gasteiger partial charge is 0.159 e. The van der Waals surface area contributed by atoms with Crippen LogP contribution >= 0.6 is 15.9 Å². The number of nitrogens with one attached hydrogen (secondary N) is 1. The van der Waals surface area contributed by atoms with Gasteiger partial charge in [-0.05, 0) is 32.2 Å². The average Bonchev–Trinajstić information content (AvgIpc) is 2.28. The van der Waals surface area contributed by atoms with Gasteiger partial charge in [0.1, 0.15) is 0 Å². The Hall–Kier alpha value is -1.26. The van der Waals surface area contributed by atoms with Crippen LogP contribution in [0.1, 0.15) is 11.4 Å². The van der Waals surface area contributed by atoms with Crippen LogP contribution < -0.4 is 5.32 Å². The molecule has 1 heterocycles. The first-order chi connectivity index (χ1) is 8.19. The van der Waals surface area contributed by atoms with Crippen LogP contribution in [0.5, 0.6) is 0 Å². The number of aryl methyl sites for hydroxylation is 1. The third-order valence-corrected chi connectivity index (χ3v) is 2.84. The summed E-state index contributed by atoms with van der Waals surface area (Å²) in [4.78, 5) is 9.01. The van der Waals surface area contributed by atoms with E-state index in [1.807, 2.05) is 44.3 Å². The van der Waals surface area contributed by atoms with Gasteiger partial charge >= 0.3 is 0 Å². The van der Waals surface area contributed by atoms with E-state index in [4.69, 9.17) is 0 Å². The van der Waals surface area contributed by atoms with Gasteiger partial charge in [-0.3, -0.25) is 0 Å². The lowest BCUT2D eigenvalue weighted by Crippen LogP contribution is -2.08. The first-order valence-electron chi connectivity index (χ1n) is 5.44. The quantitative estimate of drug-likeness (QED) is 0.945. The minimum absolute atomic E-state index is 0.754. The van der Waals surface area contributed by atoms with Crippen LogP contribution in [-0.2, 0) is 6.54 Å². The van der Waals surface area contributed by atoms with Crippen LogP contribution in [-0.4, -0.2) is 17.0 Å². The molecule has 0 amide bonds. The number of rotatable bonds is 3. The fraction of sp³-hybridized carbons (Fsp3) is 0.231. The fourth-order valence-corrected chi connectivity index (χ4v) is 2.06. The molecule has 1 aromatic carbocycles. The maximum atomic E-state index is 4.54. The monoisotopic (exact) mass is 291 g/mol. The molecule has 88 valence electrons. The van der Waals surface area contributed by atoms with E-state index in [1.165, 1.54) is 0 Å². The molecule has 0 saturated carbocycles. The molecule has 0 aliphatic rings. The molecule has 0 saturated heterocycles. The average molecular weight is 292 g/mol. The van der Waals surface area contributed by atoms with E-state index in [0.717, 1.165) is 33.8 Å². The van der Waals surface area contributed by atoms with Crippen molar-refractivity contribution in [1.29, 1.82) is 0 Å². The summed E-state index contributed by atoms with van der Waals surface area (Å²) in [6.07, 6.45) is 0. The summed E-state index contributed by atoms with van der Waals surface area (Å²) in [5.74, 6) is 0.775. The third kappa shape index (κ3) is 3.11. The summed E-state index contributed by atoms with van der Waals surface area (Å²) in [7, 11) is 1.91. The molecule has 2 rings (SSSR count). The summed E-state index contributed by atoms with van der Waals surface area (Å²) in [5, 5.41) is 3.10. The maximum absolute atomic E-state index is 4.54. The van der Waals surface area contributed by atoms with Crippen LogP contribution in [0.3, 0.4) is 0 Å². The first kappa shape index (κ1) is 12.2. The molecule has 0 atom stereocenters. The molecule has 4 heteroatoms. The summed E-state index contributed by atoms with van der Waals surface area (Å²) >= 11 is 3.46. The standard InChI is InChI=1S/C13H14BrN3/c1-9-6-12(8-15-2)17-13(16-9)10-4-3-5-11(14)7-10/h3-7,15H,8H2,1-2H3. The van der Waals surface area contributed by atoms with E-state index in [0.29, 0.717) is 0 Å². The third-order valence-electron chi connectivity index (χ3n) is 2.35. The van der Waals surface area contributed by atoms with Gasteiger partial charge in [-0.1, -0.05) is 28.1 Å². The second kappa shape index (κ2) is 5.38. The van der Waals surface area contributed by atoms with Gasteiger partial charge in [-0.25, -0.2) is 9.97 Å². The normalized spacial score (nSPS) is 10.5. The number of aromatic nitrogens is 2. The van der Waals surface area contributed by atoms with Crippen LogP contribution in [0.15, 0.2) is 34.8 Å². The molecule has 0 aliphatic carbocycles. The molecule has 0 spiro atoms. The molecule has 0 bridgehead atoms. The highest BCUT2D eigenvalue weighted by Gasteiger charge is 2.04. The minimum atomic E-state index is 0.754. The van der Waals surface area contributed by atoms with Gasteiger partial charge in [0.2, 0.25) is 0 Å². The van der Waals surface area contributed by atoms with Crippen LogP contribution in [0, 0.1) is 6.92 Å². The molecular weight excluding hydrogens is 278 g/mol. The van der Waals surface area contributed by atoms with E-state index < -0.39 is 0 Å². The topological polar surface area (TPSA) is 37.8 Å². The molecular formula is C13H14BrN3. The van der Waals surface area contributed by atoms with Crippen molar-refractivity contribution < 1.29 is 0 Å². The molecule has 1 aromatic heterocycles. The van der Waals surface area contributed by atoms with Gasteiger partial charge < -0.3 is 5.32 Å². The Morgan fingerprint density at radius 2 is 2.06 bits per heavy atom. The number of nitrogens with zero attached hydrogens (tertiary/aromatic N) is 2. The largest absolute Gasteiger partial charge is 0.314 e. The Labute approximate surface area is 109 Å². The lowest BCUT2D eigenvalue weighted by atomic mass is 10.2. The number of halogens is 1. The van der Waals surface area contributed by atoms with Crippen molar-refractivity contribution in [2.24, 2.45) is 0 Å². The second-order valence-corrected chi connectivity index (χ2v) is 4.78. The van der Waals surface area contributed by atoms with E-state index in [-0.39, 0.29) is 0 Å². The Balaban J connectivity index is 2.44. The Morgan fingerprint density at radius 1 is 1.24 bits per heavy atom. The van der Waals surface area contributed by atoms with Crippen molar-refractivity contribution in [2.45, 2.75) is 13.5 Å². The van der Waals surface area contributed by atoms with Gasteiger partial charge in [0.05, 0.1) is 5.69 Å². The zero-order chi connectivity index (χ0) is 12.3. The first-order valence-corrected chi connectivity index (χ1v) is 6.23. The van der Waals surface area contributed by atoms with Gasteiger partial charge in [0.15, 0.2) is 5.82 Å². The molecule has 3 nitrogen and oxygen atoms in total. The summed E-state index contributed by atoms with van der Waals surface area (Å²) in [6, 6.07) is 10.0. The van der Waals surface area contributed by atoms with Crippen molar-refractivity contribution in [3.05, 3.63) is 46.2 Å².